The van der Waals surface area contributed by atoms with Gasteiger partial charge in [-0.25, -0.2) is 9.78 Å². The first-order chi connectivity index (χ1) is 13.3. The second-order valence-electron chi connectivity index (χ2n) is 5.36. The maximum absolute atomic E-state index is 12.4. The molecular weight excluding hydrogens is 394 g/mol. The van der Waals surface area contributed by atoms with Crippen LogP contribution >= 0.6 is 11.6 Å². The highest BCUT2D eigenvalue weighted by Gasteiger charge is 2.28. The first-order valence-electron chi connectivity index (χ1n) is 7.81. The van der Waals surface area contributed by atoms with Crippen LogP contribution in [0.25, 0.3) is 0 Å². The second kappa shape index (κ2) is 9.00. The smallest absolute Gasteiger partial charge is 0.346 e. The van der Waals surface area contributed by atoms with Crippen molar-refractivity contribution in [1.82, 2.24) is 4.98 Å². The summed E-state index contributed by atoms with van der Waals surface area (Å²) in [5.41, 5.74) is -0.707. The van der Waals surface area contributed by atoms with Crippen LogP contribution in [0.1, 0.15) is 17.3 Å². The number of pyridine rings is 1. The van der Waals surface area contributed by atoms with Crippen molar-refractivity contribution in [3.05, 3.63) is 51.3 Å². The van der Waals surface area contributed by atoms with Gasteiger partial charge in [0.15, 0.2) is 22.8 Å². The first-order valence-corrected chi connectivity index (χ1v) is 8.19. The molecule has 1 N–H and O–H groups in total. The number of hydrogen-bond acceptors (Lipinski definition) is 8. The molecule has 0 spiro atoms. The molecule has 0 fully saturated rings. The Labute approximate surface area is 164 Å². The van der Waals surface area contributed by atoms with Crippen LogP contribution in [0.4, 0.5) is 11.4 Å². The van der Waals surface area contributed by atoms with E-state index < -0.39 is 28.6 Å². The van der Waals surface area contributed by atoms with Gasteiger partial charge < -0.3 is 19.5 Å². The SMILES string of the molecule is COc1cc(C(=O)O[C@@H](C)C(=O)Nc2cccnc2Cl)c([N+](=O)[O-])cc1OC. The van der Waals surface area contributed by atoms with Crippen LogP contribution in [0.5, 0.6) is 11.5 Å². The van der Waals surface area contributed by atoms with Crippen LogP contribution in [0.2, 0.25) is 5.15 Å². The summed E-state index contributed by atoms with van der Waals surface area (Å²) in [5, 5.41) is 13.8. The topological polar surface area (TPSA) is 130 Å². The highest BCUT2D eigenvalue weighted by atomic mass is 35.5. The lowest BCUT2D eigenvalue weighted by molar-refractivity contribution is -0.385. The molecule has 1 aromatic carbocycles. The third-order valence-electron chi connectivity index (χ3n) is 3.59. The average molecular weight is 410 g/mol. The van der Waals surface area contributed by atoms with Crippen molar-refractivity contribution in [2.75, 3.05) is 19.5 Å². The first kappa shape index (κ1) is 20.9. The van der Waals surface area contributed by atoms with Gasteiger partial charge in [0.25, 0.3) is 11.6 Å². The molecule has 1 amide bonds. The predicted octanol–water partition coefficient (Wildman–Crippen LogP) is 2.84. The van der Waals surface area contributed by atoms with Crippen LogP contribution in [0, 0.1) is 10.1 Å². The second-order valence-corrected chi connectivity index (χ2v) is 5.72. The summed E-state index contributed by atoms with van der Waals surface area (Å²) in [6.07, 6.45) is 0.175. The van der Waals surface area contributed by atoms with Gasteiger partial charge in [-0.15, -0.1) is 0 Å². The number of benzene rings is 1. The lowest BCUT2D eigenvalue weighted by Crippen LogP contribution is -2.30. The largest absolute Gasteiger partial charge is 0.493 e. The van der Waals surface area contributed by atoms with Crippen molar-refractivity contribution in [2.45, 2.75) is 13.0 Å². The quantitative estimate of drug-likeness (QED) is 0.319. The van der Waals surface area contributed by atoms with E-state index in [4.69, 9.17) is 25.8 Å². The Balaban J connectivity index is 2.22. The number of carbonyl (C=O) groups excluding carboxylic acids is 2. The van der Waals surface area contributed by atoms with Gasteiger partial charge in [-0.3, -0.25) is 14.9 Å². The Morgan fingerprint density at radius 2 is 1.89 bits per heavy atom. The van der Waals surface area contributed by atoms with Crippen LogP contribution in [-0.4, -0.2) is 42.1 Å². The van der Waals surface area contributed by atoms with Crippen molar-refractivity contribution in [1.29, 1.82) is 0 Å². The van der Waals surface area contributed by atoms with Crippen LogP contribution in [0.3, 0.4) is 0 Å². The molecule has 11 heteroatoms. The van der Waals surface area contributed by atoms with Gasteiger partial charge in [0.2, 0.25) is 0 Å². The van der Waals surface area contributed by atoms with E-state index in [1.54, 1.807) is 6.07 Å². The molecule has 0 radical (unpaired) electrons. The van der Waals surface area contributed by atoms with Gasteiger partial charge in [0, 0.05) is 12.3 Å². The minimum absolute atomic E-state index is 0.0601. The van der Waals surface area contributed by atoms with E-state index in [9.17, 15) is 19.7 Å². The number of nitro benzene ring substituents is 1. The van der Waals surface area contributed by atoms with Crippen molar-refractivity contribution < 1.29 is 28.7 Å². The molecule has 2 aromatic rings. The van der Waals surface area contributed by atoms with Gasteiger partial charge >= 0.3 is 5.97 Å². The number of esters is 1. The number of nitrogens with one attached hydrogen (secondary N) is 1. The summed E-state index contributed by atoms with van der Waals surface area (Å²) < 4.78 is 15.1. The molecule has 28 heavy (non-hydrogen) atoms. The van der Waals surface area contributed by atoms with E-state index in [0.717, 1.165) is 12.1 Å². The molecule has 0 aliphatic rings. The van der Waals surface area contributed by atoms with Crippen molar-refractivity contribution in [3.8, 4) is 11.5 Å². The van der Waals surface area contributed by atoms with Gasteiger partial charge in [-0.1, -0.05) is 11.6 Å². The number of methoxy groups -OCH3 is 2. The van der Waals surface area contributed by atoms with Gasteiger partial charge in [0.05, 0.1) is 30.9 Å². The monoisotopic (exact) mass is 409 g/mol. The Bertz CT molecular complexity index is 920. The van der Waals surface area contributed by atoms with Crippen molar-refractivity contribution in [3.63, 3.8) is 0 Å². The van der Waals surface area contributed by atoms with E-state index in [-0.39, 0.29) is 27.9 Å². The molecular formula is C17H16ClN3O7. The Hall–Kier alpha value is -3.40. The van der Waals surface area contributed by atoms with Crippen molar-refractivity contribution >= 4 is 34.9 Å². The maximum Gasteiger partial charge on any atom is 0.346 e. The molecule has 0 bridgehead atoms. The fraction of sp³-hybridized carbons (Fsp3) is 0.235. The van der Waals surface area contributed by atoms with E-state index in [1.165, 1.54) is 33.4 Å². The standard InChI is InChI=1S/C17H16ClN3O7/c1-9(16(22)20-11-5-4-6-19-15(11)18)28-17(23)10-7-13(26-2)14(27-3)8-12(10)21(24)25/h4-9H,1-3H3,(H,20,22)/t9-/m0/s1. The van der Waals surface area contributed by atoms with Crippen LogP contribution in [0.15, 0.2) is 30.5 Å². The molecule has 10 nitrogen and oxygen atoms in total. The number of amides is 1. The molecule has 0 saturated carbocycles. The number of nitro groups is 1. The molecule has 0 aliphatic carbocycles. The minimum atomic E-state index is -1.27. The maximum atomic E-state index is 12.4. The zero-order valence-electron chi connectivity index (χ0n) is 15.1. The lowest BCUT2D eigenvalue weighted by atomic mass is 10.1. The summed E-state index contributed by atoms with van der Waals surface area (Å²) in [6.45, 7) is 1.31. The summed E-state index contributed by atoms with van der Waals surface area (Å²) in [7, 11) is 2.61. The van der Waals surface area contributed by atoms with Gasteiger partial charge in [0.1, 0.15) is 5.56 Å². The minimum Gasteiger partial charge on any atom is -0.493 e. The third-order valence-corrected chi connectivity index (χ3v) is 3.89. The van der Waals surface area contributed by atoms with E-state index >= 15 is 0 Å². The number of nitrogens with zero attached hydrogens (tertiary/aromatic N) is 2. The number of ether oxygens (including phenoxy) is 3. The molecule has 0 unspecified atom stereocenters. The normalized spacial score (nSPS) is 11.3. The molecule has 1 atom stereocenters. The number of hydrogen-bond donors (Lipinski definition) is 1. The molecule has 1 aromatic heterocycles. The number of carbonyl (C=O) groups is 2. The predicted molar refractivity (Wildman–Crippen MR) is 99.0 cm³/mol. The Morgan fingerprint density at radius 3 is 2.46 bits per heavy atom. The molecule has 0 saturated heterocycles. The Kier molecular flexibility index (Phi) is 6.72. The van der Waals surface area contributed by atoms with Crippen LogP contribution in [-0.2, 0) is 9.53 Å². The van der Waals surface area contributed by atoms with E-state index in [0.29, 0.717) is 0 Å². The van der Waals surface area contributed by atoms with Crippen LogP contribution < -0.4 is 14.8 Å². The van der Waals surface area contributed by atoms with E-state index in [2.05, 4.69) is 10.3 Å². The number of anilines is 1. The summed E-state index contributed by atoms with van der Waals surface area (Å²) >= 11 is 5.86. The fourth-order valence-corrected chi connectivity index (χ4v) is 2.34. The number of halogens is 1. The fourth-order valence-electron chi connectivity index (χ4n) is 2.17. The molecule has 2 rings (SSSR count). The zero-order valence-corrected chi connectivity index (χ0v) is 15.9. The van der Waals surface area contributed by atoms with Gasteiger partial charge in [-0.2, -0.15) is 0 Å². The third kappa shape index (κ3) is 4.65. The highest BCUT2D eigenvalue weighted by Crippen LogP contribution is 2.35. The number of aromatic nitrogens is 1. The average Bonchev–Trinajstić information content (AvgIpc) is 2.68. The highest BCUT2D eigenvalue weighted by molar-refractivity contribution is 6.32. The van der Waals surface area contributed by atoms with Gasteiger partial charge in [-0.05, 0) is 19.1 Å². The molecule has 1 heterocycles. The lowest BCUT2D eigenvalue weighted by Gasteiger charge is -2.15. The zero-order chi connectivity index (χ0) is 20.8. The molecule has 148 valence electrons. The summed E-state index contributed by atoms with van der Waals surface area (Å²) in [4.78, 5) is 39.0. The molecule has 0 aliphatic heterocycles. The van der Waals surface area contributed by atoms with Crippen molar-refractivity contribution in [2.24, 2.45) is 0 Å². The summed E-state index contributed by atoms with van der Waals surface area (Å²) in [5.74, 6) is -1.60. The number of rotatable bonds is 7. The van der Waals surface area contributed by atoms with E-state index in [1.807, 2.05) is 0 Å². The summed E-state index contributed by atoms with van der Waals surface area (Å²) in [6, 6.07) is 5.23. The Morgan fingerprint density at radius 1 is 1.25 bits per heavy atom.